The van der Waals surface area contributed by atoms with Gasteiger partial charge < -0.3 is 4.74 Å². The van der Waals surface area contributed by atoms with Crippen LogP contribution in [0.1, 0.15) is 51.3 Å². The first-order valence-electron chi connectivity index (χ1n) is 8.25. The maximum atomic E-state index is 12.8. The number of aromatic nitrogens is 3. The Morgan fingerprint density at radius 3 is 2.91 bits per heavy atom. The first kappa shape index (κ1) is 16.8. The molecule has 0 bridgehead atoms. The first-order chi connectivity index (χ1) is 10.9. The number of morpholine rings is 1. The Bertz CT molecular complexity index is 659. The molecule has 23 heavy (non-hydrogen) atoms. The number of rotatable bonds is 4. The highest BCUT2D eigenvalue weighted by atomic mass is 32.2. The van der Waals surface area contributed by atoms with Gasteiger partial charge in [-0.3, -0.25) is 0 Å². The minimum absolute atomic E-state index is 0.0931. The van der Waals surface area contributed by atoms with Gasteiger partial charge in [0.15, 0.2) is 5.82 Å². The van der Waals surface area contributed by atoms with Gasteiger partial charge in [-0.2, -0.15) is 22.5 Å². The lowest BCUT2D eigenvalue weighted by atomic mass is 10.1. The minimum Gasteiger partial charge on any atom is -0.375 e. The van der Waals surface area contributed by atoms with E-state index in [0.29, 0.717) is 13.2 Å². The summed E-state index contributed by atoms with van der Waals surface area (Å²) in [5.41, 5.74) is 0. The third-order valence-electron chi connectivity index (χ3n) is 4.39. The Kier molecular flexibility index (Phi) is 4.73. The fourth-order valence-electron chi connectivity index (χ4n) is 3.12. The number of nitrogens with one attached hydrogen (secondary N) is 1. The molecule has 0 unspecified atom stereocenters. The molecule has 0 aromatic carbocycles. The molecule has 0 amide bonds. The smallest absolute Gasteiger partial charge is 0.280 e. The lowest BCUT2D eigenvalue weighted by molar-refractivity contribution is -0.0176. The van der Waals surface area contributed by atoms with E-state index in [1.807, 2.05) is 25.5 Å². The molecule has 3 heterocycles. The van der Waals surface area contributed by atoms with Crippen molar-refractivity contribution in [3.05, 3.63) is 11.6 Å². The average molecular weight is 343 g/mol. The van der Waals surface area contributed by atoms with E-state index >= 15 is 0 Å². The summed E-state index contributed by atoms with van der Waals surface area (Å²) in [6, 6.07) is -0.483. The maximum Gasteiger partial charge on any atom is 0.280 e. The van der Waals surface area contributed by atoms with E-state index in [1.54, 1.807) is 0 Å². The van der Waals surface area contributed by atoms with Crippen LogP contribution in [0.5, 0.6) is 0 Å². The van der Waals surface area contributed by atoms with Crippen LogP contribution < -0.4 is 4.72 Å². The second-order valence-corrected chi connectivity index (χ2v) is 8.00. The van der Waals surface area contributed by atoms with Crippen LogP contribution in [0.4, 0.5) is 0 Å². The van der Waals surface area contributed by atoms with Gasteiger partial charge in [-0.15, -0.1) is 0 Å². The molecule has 0 saturated carbocycles. The summed E-state index contributed by atoms with van der Waals surface area (Å²) in [5.74, 6) is 1.49. The summed E-state index contributed by atoms with van der Waals surface area (Å²) in [6.07, 6.45) is 2.29. The highest BCUT2D eigenvalue weighted by Gasteiger charge is 2.36. The van der Waals surface area contributed by atoms with E-state index < -0.39 is 10.2 Å². The van der Waals surface area contributed by atoms with Gasteiger partial charge in [-0.05, 0) is 26.7 Å². The van der Waals surface area contributed by atoms with Crippen molar-refractivity contribution >= 4 is 10.2 Å². The molecule has 9 heteroatoms. The zero-order chi connectivity index (χ0) is 16.6. The number of hydrogen-bond donors (Lipinski definition) is 1. The second kappa shape index (κ2) is 6.46. The van der Waals surface area contributed by atoms with Gasteiger partial charge in [-0.25, -0.2) is 9.67 Å². The summed E-state index contributed by atoms with van der Waals surface area (Å²) >= 11 is 0. The van der Waals surface area contributed by atoms with E-state index in [0.717, 1.165) is 37.5 Å². The predicted octanol–water partition coefficient (Wildman–Crippen LogP) is 0.619. The summed E-state index contributed by atoms with van der Waals surface area (Å²) in [7, 11) is -3.58. The summed E-state index contributed by atoms with van der Waals surface area (Å²) in [4.78, 5) is 4.50. The van der Waals surface area contributed by atoms with Gasteiger partial charge >= 0.3 is 0 Å². The van der Waals surface area contributed by atoms with E-state index in [1.165, 1.54) is 4.31 Å². The molecule has 1 N–H and O–H groups in total. The topological polar surface area (TPSA) is 89.3 Å². The molecule has 0 spiro atoms. The number of fused-ring (bicyclic) bond motifs is 1. The van der Waals surface area contributed by atoms with Crippen LogP contribution in [0.3, 0.4) is 0 Å². The van der Waals surface area contributed by atoms with Gasteiger partial charge in [-0.1, -0.05) is 6.92 Å². The van der Waals surface area contributed by atoms with Gasteiger partial charge in [0.2, 0.25) is 0 Å². The molecule has 130 valence electrons. The number of aryl methyl sites for hydroxylation is 2. The van der Waals surface area contributed by atoms with Gasteiger partial charge in [0, 0.05) is 25.6 Å². The van der Waals surface area contributed by atoms with E-state index in [9.17, 15) is 8.42 Å². The fourth-order valence-corrected chi connectivity index (χ4v) is 4.78. The van der Waals surface area contributed by atoms with Crippen molar-refractivity contribution in [2.24, 2.45) is 0 Å². The molecule has 2 aliphatic rings. The minimum atomic E-state index is -3.58. The Labute approximate surface area is 137 Å². The van der Waals surface area contributed by atoms with Crippen molar-refractivity contribution in [1.82, 2.24) is 23.8 Å². The number of hydrogen-bond acceptors (Lipinski definition) is 5. The zero-order valence-electron chi connectivity index (χ0n) is 13.9. The zero-order valence-corrected chi connectivity index (χ0v) is 14.7. The Hall–Kier alpha value is -1.03. The fraction of sp³-hybridized carbons (Fsp3) is 0.857. The lowest BCUT2D eigenvalue weighted by Gasteiger charge is -2.36. The molecule has 1 saturated heterocycles. The first-order valence-corrected chi connectivity index (χ1v) is 9.69. The third kappa shape index (κ3) is 3.42. The maximum absolute atomic E-state index is 12.8. The second-order valence-electron chi connectivity index (χ2n) is 6.34. The molecular formula is C14H25N5O3S. The van der Waals surface area contributed by atoms with Crippen LogP contribution in [0.2, 0.25) is 0 Å². The van der Waals surface area contributed by atoms with Crippen LogP contribution in [0.25, 0.3) is 0 Å². The monoisotopic (exact) mass is 343 g/mol. The van der Waals surface area contributed by atoms with Crippen LogP contribution in [0, 0.1) is 0 Å². The van der Waals surface area contributed by atoms with Gasteiger partial charge in [0.1, 0.15) is 5.82 Å². The van der Waals surface area contributed by atoms with Crippen LogP contribution in [0.15, 0.2) is 0 Å². The normalized spacial score (nSPS) is 29.4. The molecule has 1 fully saturated rings. The van der Waals surface area contributed by atoms with Crippen molar-refractivity contribution in [3.8, 4) is 0 Å². The Morgan fingerprint density at radius 1 is 1.39 bits per heavy atom. The highest BCUT2D eigenvalue weighted by molar-refractivity contribution is 7.87. The third-order valence-corrected chi connectivity index (χ3v) is 6.09. The lowest BCUT2D eigenvalue weighted by Crippen LogP contribution is -2.54. The summed E-state index contributed by atoms with van der Waals surface area (Å²) in [6.45, 7) is 7.34. The van der Waals surface area contributed by atoms with Crippen molar-refractivity contribution in [3.63, 3.8) is 0 Å². The molecule has 1 aromatic heterocycles. The van der Waals surface area contributed by atoms with Crippen LogP contribution in [-0.4, -0.2) is 52.8 Å². The molecule has 3 atom stereocenters. The van der Waals surface area contributed by atoms with E-state index in [-0.39, 0.29) is 18.2 Å². The molecule has 0 radical (unpaired) electrons. The van der Waals surface area contributed by atoms with Gasteiger partial charge in [0.05, 0.1) is 18.8 Å². The average Bonchev–Trinajstić information content (AvgIpc) is 2.93. The molecule has 0 aliphatic carbocycles. The van der Waals surface area contributed by atoms with Crippen LogP contribution in [-0.2, 0) is 27.9 Å². The highest BCUT2D eigenvalue weighted by Crippen LogP contribution is 2.25. The Balaban J connectivity index is 1.80. The van der Waals surface area contributed by atoms with Crippen molar-refractivity contribution in [2.75, 3.05) is 13.2 Å². The largest absolute Gasteiger partial charge is 0.375 e. The standard InChI is InChI=1S/C14H25N5O3S/c1-4-13-15-14-12(6-5-7-18(14)16-13)17-23(20,21)19-8-11(3)22-9-10(19)2/h10-12,17H,4-9H2,1-3H3/t10-,11-,12-/m0/s1. The Morgan fingerprint density at radius 2 is 2.17 bits per heavy atom. The summed E-state index contributed by atoms with van der Waals surface area (Å²) in [5, 5.41) is 4.43. The van der Waals surface area contributed by atoms with Gasteiger partial charge in [0.25, 0.3) is 10.2 Å². The molecule has 1 aromatic rings. The van der Waals surface area contributed by atoms with E-state index in [2.05, 4.69) is 14.8 Å². The number of ether oxygens (including phenoxy) is 1. The SMILES string of the molecule is CCc1nc2n(n1)CCC[C@@H]2NS(=O)(=O)N1C[C@H](C)OC[C@@H]1C. The number of nitrogens with zero attached hydrogens (tertiary/aromatic N) is 4. The van der Waals surface area contributed by atoms with Crippen LogP contribution >= 0.6 is 0 Å². The predicted molar refractivity (Wildman–Crippen MR) is 85.0 cm³/mol. The molecular weight excluding hydrogens is 318 g/mol. The van der Waals surface area contributed by atoms with Crippen molar-refractivity contribution < 1.29 is 13.2 Å². The molecule has 3 rings (SSSR count). The molecule has 8 nitrogen and oxygen atoms in total. The summed E-state index contributed by atoms with van der Waals surface area (Å²) < 4.78 is 37.3. The quantitative estimate of drug-likeness (QED) is 0.866. The van der Waals surface area contributed by atoms with Crippen molar-refractivity contribution in [2.45, 2.75) is 64.8 Å². The van der Waals surface area contributed by atoms with Crippen molar-refractivity contribution in [1.29, 1.82) is 0 Å². The van der Waals surface area contributed by atoms with E-state index in [4.69, 9.17) is 4.74 Å². The molecule has 2 aliphatic heterocycles.